The molecule has 0 atom stereocenters. The first-order valence-corrected chi connectivity index (χ1v) is 8.12. The molecule has 1 aliphatic rings. The summed E-state index contributed by atoms with van der Waals surface area (Å²) in [6.07, 6.45) is -1.61. The van der Waals surface area contributed by atoms with Gasteiger partial charge >= 0.3 is 12.2 Å². The molecule has 1 aliphatic heterocycles. The zero-order valence-electron chi connectivity index (χ0n) is 14.5. The van der Waals surface area contributed by atoms with Crippen LogP contribution in [0.15, 0.2) is 24.5 Å². The van der Waals surface area contributed by atoms with Crippen LogP contribution in [0.5, 0.6) is 5.88 Å². The Morgan fingerprint density at radius 2 is 2.00 bits per heavy atom. The maximum atomic E-state index is 12.3. The number of hydrogen-bond acceptors (Lipinski definition) is 6. The molecule has 2 amide bonds. The molecular formula is C15H18F3N7O2. The highest BCUT2D eigenvalue weighted by atomic mass is 19.4. The van der Waals surface area contributed by atoms with Crippen LogP contribution < -0.4 is 15.0 Å². The summed E-state index contributed by atoms with van der Waals surface area (Å²) in [4.78, 5) is 24.2. The number of methoxy groups -OCH3 is 1. The normalized spacial score (nSPS) is 15.0. The maximum Gasteiger partial charge on any atom is 0.408 e. The Morgan fingerprint density at radius 3 is 2.67 bits per heavy atom. The Balaban J connectivity index is 1.52. The lowest BCUT2D eigenvalue weighted by atomic mass is 10.3. The van der Waals surface area contributed by atoms with Gasteiger partial charge in [-0.25, -0.2) is 9.78 Å². The minimum atomic E-state index is -4.37. The third-order valence-corrected chi connectivity index (χ3v) is 3.89. The molecule has 12 heteroatoms. The van der Waals surface area contributed by atoms with Crippen molar-refractivity contribution in [1.29, 1.82) is 0 Å². The number of amides is 2. The average molecular weight is 385 g/mol. The van der Waals surface area contributed by atoms with Gasteiger partial charge < -0.3 is 14.5 Å². The van der Waals surface area contributed by atoms with E-state index in [4.69, 9.17) is 4.74 Å². The molecule has 2 aromatic rings. The molecule has 27 heavy (non-hydrogen) atoms. The Morgan fingerprint density at radius 1 is 1.26 bits per heavy atom. The summed E-state index contributed by atoms with van der Waals surface area (Å²) in [5.74, 6) is 1.04. The highest BCUT2D eigenvalue weighted by Crippen LogP contribution is 2.18. The number of halogens is 3. The molecule has 0 bridgehead atoms. The van der Waals surface area contributed by atoms with Crippen molar-refractivity contribution in [1.82, 2.24) is 24.6 Å². The molecule has 0 saturated carbocycles. The number of piperazine rings is 1. The first-order valence-electron chi connectivity index (χ1n) is 8.12. The van der Waals surface area contributed by atoms with Gasteiger partial charge in [0.2, 0.25) is 11.8 Å². The van der Waals surface area contributed by atoms with E-state index in [0.29, 0.717) is 38.0 Å². The third kappa shape index (κ3) is 4.99. The van der Waals surface area contributed by atoms with Crippen molar-refractivity contribution in [2.45, 2.75) is 12.7 Å². The molecule has 0 aliphatic carbocycles. The highest BCUT2D eigenvalue weighted by Gasteiger charge is 2.28. The fraction of sp³-hybridized carbons (Fsp3) is 0.467. The summed E-state index contributed by atoms with van der Waals surface area (Å²) >= 11 is 0. The summed E-state index contributed by atoms with van der Waals surface area (Å²) in [6, 6.07) is 2.55. The average Bonchev–Trinajstić information content (AvgIpc) is 3.06. The SMILES string of the molecule is COc1ccnc(N2CCN(C(=O)Nc3ccn(CC(F)(F)F)n3)CC2)n1. The molecule has 1 fully saturated rings. The molecule has 3 heterocycles. The molecule has 9 nitrogen and oxygen atoms in total. The number of alkyl halides is 3. The lowest BCUT2D eigenvalue weighted by molar-refractivity contribution is -0.142. The smallest absolute Gasteiger partial charge is 0.408 e. The van der Waals surface area contributed by atoms with Crippen LogP contribution in [0.4, 0.5) is 29.7 Å². The summed E-state index contributed by atoms with van der Waals surface area (Å²) in [5, 5.41) is 6.21. The number of ether oxygens (including phenoxy) is 1. The second-order valence-corrected chi connectivity index (χ2v) is 5.82. The van der Waals surface area contributed by atoms with E-state index in [1.165, 1.54) is 19.4 Å². The quantitative estimate of drug-likeness (QED) is 0.860. The number of carbonyl (C=O) groups is 1. The zero-order valence-corrected chi connectivity index (χ0v) is 14.5. The van der Waals surface area contributed by atoms with E-state index >= 15 is 0 Å². The van der Waals surface area contributed by atoms with Crippen molar-refractivity contribution in [3.05, 3.63) is 24.5 Å². The van der Waals surface area contributed by atoms with Gasteiger partial charge in [0.1, 0.15) is 6.54 Å². The first-order chi connectivity index (χ1) is 12.8. The number of carbonyl (C=O) groups excluding carboxylic acids is 1. The fourth-order valence-electron chi connectivity index (χ4n) is 2.60. The Hall–Kier alpha value is -3.05. The molecule has 1 N–H and O–H groups in total. The number of anilines is 2. The van der Waals surface area contributed by atoms with Gasteiger partial charge in [0.15, 0.2) is 5.82 Å². The molecule has 0 radical (unpaired) electrons. The summed E-state index contributed by atoms with van der Waals surface area (Å²) in [5.41, 5.74) is 0. The molecule has 3 rings (SSSR count). The molecule has 2 aromatic heterocycles. The second kappa shape index (κ2) is 7.68. The predicted molar refractivity (Wildman–Crippen MR) is 89.7 cm³/mol. The largest absolute Gasteiger partial charge is 0.481 e. The summed E-state index contributed by atoms with van der Waals surface area (Å²) < 4.78 is 42.8. The first kappa shape index (κ1) is 18.7. The van der Waals surface area contributed by atoms with E-state index < -0.39 is 18.8 Å². The number of nitrogens with one attached hydrogen (secondary N) is 1. The number of urea groups is 1. The standard InChI is InChI=1S/C15H18F3N7O2/c1-27-12-2-4-19-13(21-12)23-6-8-24(9-7-23)14(26)20-11-3-5-25(22-11)10-15(16,17)18/h2-5H,6-10H2,1H3,(H,20,22,26). The van der Waals surface area contributed by atoms with Crippen LogP contribution in [0.25, 0.3) is 0 Å². The van der Waals surface area contributed by atoms with Gasteiger partial charge in [-0.3, -0.25) is 10.00 Å². The van der Waals surface area contributed by atoms with Crippen molar-refractivity contribution in [3.8, 4) is 5.88 Å². The Labute approximate surface area is 152 Å². The van der Waals surface area contributed by atoms with Gasteiger partial charge in [-0.15, -0.1) is 0 Å². The summed E-state index contributed by atoms with van der Waals surface area (Å²) in [7, 11) is 1.52. The Kier molecular flexibility index (Phi) is 5.33. The van der Waals surface area contributed by atoms with Crippen molar-refractivity contribution >= 4 is 17.8 Å². The molecule has 0 spiro atoms. The van der Waals surface area contributed by atoms with Crippen molar-refractivity contribution < 1.29 is 22.7 Å². The molecule has 0 unspecified atom stereocenters. The van der Waals surface area contributed by atoms with Gasteiger partial charge in [-0.1, -0.05) is 0 Å². The number of aromatic nitrogens is 4. The van der Waals surface area contributed by atoms with Crippen LogP contribution in [0, 0.1) is 0 Å². The van der Waals surface area contributed by atoms with Crippen LogP contribution >= 0.6 is 0 Å². The molecule has 1 saturated heterocycles. The van der Waals surface area contributed by atoms with Crippen LogP contribution in [0.2, 0.25) is 0 Å². The van der Waals surface area contributed by atoms with E-state index in [1.807, 2.05) is 4.90 Å². The van der Waals surface area contributed by atoms with Crippen LogP contribution in [0.3, 0.4) is 0 Å². The lowest BCUT2D eigenvalue weighted by Gasteiger charge is -2.34. The molecule has 0 aromatic carbocycles. The number of hydrogen-bond donors (Lipinski definition) is 1. The maximum absolute atomic E-state index is 12.3. The van der Waals surface area contributed by atoms with E-state index in [2.05, 4.69) is 20.4 Å². The number of nitrogens with zero attached hydrogens (tertiary/aromatic N) is 6. The van der Waals surface area contributed by atoms with E-state index in [1.54, 1.807) is 17.2 Å². The molecular weight excluding hydrogens is 367 g/mol. The minimum absolute atomic E-state index is 0.0720. The van der Waals surface area contributed by atoms with Gasteiger partial charge in [0.05, 0.1) is 7.11 Å². The van der Waals surface area contributed by atoms with Crippen LogP contribution in [-0.4, -0.2) is 70.1 Å². The van der Waals surface area contributed by atoms with Crippen molar-refractivity contribution in [2.24, 2.45) is 0 Å². The topological polar surface area (TPSA) is 88.4 Å². The third-order valence-electron chi connectivity index (χ3n) is 3.89. The van der Waals surface area contributed by atoms with E-state index in [-0.39, 0.29) is 5.82 Å². The van der Waals surface area contributed by atoms with E-state index in [0.717, 1.165) is 4.68 Å². The summed E-state index contributed by atoms with van der Waals surface area (Å²) in [6.45, 7) is 0.652. The number of rotatable bonds is 4. The van der Waals surface area contributed by atoms with Crippen LogP contribution in [-0.2, 0) is 6.54 Å². The van der Waals surface area contributed by atoms with Crippen molar-refractivity contribution in [3.63, 3.8) is 0 Å². The van der Waals surface area contributed by atoms with Gasteiger partial charge in [-0.05, 0) is 0 Å². The van der Waals surface area contributed by atoms with Gasteiger partial charge in [-0.2, -0.15) is 23.3 Å². The minimum Gasteiger partial charge on any atom is -0.481 e. The lowest BCUT2D eigenvalue weighted by Crippen LogP contribution is -2.50. The van der Waals surface area contributed by atoms with Crippen LogP contribution in [0.1, 0.15) is 0 Å². The monoisotopic (exact) mass is 385 g/mol. The Bertz CT molecular complexity index is 788. The zero-order chi connectivity index (χ0) is 19.4. The highest BCUT2D eigenvalue weighted by molar-refractivity contribution is 5.88. The van der Waals surface area contributed by atoms with Crippen molar-refractivity contribution in [2.75, 3.05) is 43.5 Å². The fourth-order valence-corrected chi connectivity index (χ4v) is 2.60. The molecule has 146 valence electrons. The second-order valence-electron chi connectivity index (χ2n) is 5.82. The van der Waals surface area contributed by atoms with Gasteiger partial charge in [0.25, 0.3) is 0 Å². The van der Waals surface area contributed by atoms with Gasteiger partial charge in [0, 0.05) is 50.7 Å². The van der Waals surface area contributed by atoms with E-state index in [9.17, 15) is 18.0 Å². The predicted octanol–water partition coefficient (Wildman–Crippen LogP) is 1.60.